The molecule has 0 N–H and O–H groups in total. The summed E-state index contributed by atoms with van der Waals surface area (Å²) in [5.41, 5.74) is 6.47. The van der Waals surface area contributed by atoms with Crippen molar-refractivity contribution in [2.45, 2.75) is 6.92 Å². The molecular formula is C27H19N3O. The van der Waals surface area contributed by atoms with Crippen LogP contribution in [0.25, 0.3) is 50.4 Å². The number of rotatable bonds is 3. The predicted octanol–water partition coefficient (Wildman–Crippen LogP) is 6.81. The van der Waals surface area contributed by atoms with Gasteiger partial charge in [-0.25, -0.2) is 0 Å². The number of aromatic nitrogens is 3. The molecule has 0 atom stereocenters. The minimum Gasteiger partial charge on any atom is -0.416 e. The van der Waals surface area contributed by atoms with E-state index in [1.807, 2.05) is 43.3 Å². The smallest absolute Gasteiger partial charge is 0.248 e. The molecule has 6 rings (SSSR count). The van der Waals surface area contributed by atoms with Gasteiger partial charge in [-0.05, 0) is 55.5 Å². The van der Waals surface area contributed by atoms with Gasteiger partial charge < -0.3 is 8.98 Å². The Bertz CT molecular complexity index is 1490. The Balaban J connectivity index is 1.42. The number of hydrogen-bond acceptors (Lipinski definition) is 3. The Morgan fingerprint density at radius 2 is 1.23 bits per heavy atom. The first-order valence-corrected chi connectivity index (χ1v) is 10.3. The summed E-state index contributed by atoms with van der Waals surface area (Å²) in [6.07, 6.45) is 0. The van der Waals surface area contributed by atoms with Gasteiger partial charge in [0.15, 0.2) is 0 Å². The maximum Gasteiger partial charge on any atom is 0.248 e. The molecule has 2 aromatic heterocycles. The number of para-hydroxylation sites is 2. The SMILES string of the molecule is Cc1cccc(-c2nnc(-c3ccc(-n4c5ccccc5c5ccccc54)cc3)o2)c1. The van der Waals surface area contributed by atoms with Crippen molar-refractivity contribution in [2.75, 3.05) is 0 Å². The molecule has 4 aromatic carbocycles. The Hall–Kier alpha value is -4.18. The Labute approximate surface area is 179 Å². The van der Waals surface area contributed by atoms with Crippen LogP contribution in [-0.4, -0.2) is 14.8 Å². The van der Waals surface area contributed by atoms with Crippen LogP contribution in [0.15, 0.2) is 101 Å². The van der Waals surface area contributed by atoms with E-state index in [-0.39, 0.29) is 0 Å². The fourth-order valence-corrected chi connectivity index (χ4v) is 4.19. The fourth-order valence-electron chi connectivity index (χ4n) is 4.19. The molecule has 31 heavy (non-hydrogen) atoms. The van der Waals surface area contributed by atoms with E-state index in [2.05, 4.69) is 75.4 Å². The predicted molar refractivity (Wildman–Crippen MR) is 124 cm³/mol. The van der Waals surface area contributed by atoms with Gasteiger partial charge in [-0.3, -0.25) is 0 Å². The number of aryl methyl sites for hydroxylation is 1. The first-order valence-electron chi connectivity index (χ1n) is 10.3. The van der Waals surface area contributed by atoms with Gasteiger partial charge in [0.05, 0.1) is 11.0 Å². The van der Waals surface area contributed by atoms with Crippen molar-refractivity contribution in [3.63, 3.8) is 0 Å². The number of benzene rings is 4. The number of nitrogens with zero attached hydrogens (tertiary/aromatic N) is 3. The monoisotopic (exact) mass is 401 g/mol. The molecule has 0 bridgehead atoms. The molecule has 0 aliphatic heterocycles. The van der Waals surface area contributed by atoms with Gasteiger partial charge in [0.2, 0.25) is 11.8 Å². The molecule has 2 heterocycles. The second-order valence-corrected chi connectivity index (χ2v) is 7.70. The zero-order chi connectivity index (χ0) is 20.8. The highest BCUT2D eigenvalue weighted by Crippen LogP contribution is 2.32. The molecule has 4 nitrogen and oxygen atoms in total. The van der Waals surface area contributed by atoms with Gasteiger partial charge in [-0.2, -0.15) is 0 Å². The number of fused-ring (bicyclic) bond motifs is 3. The summed E-state index contributed by atoms with van der Waals surface area (Å²) >= 11 is 0. The van der Waals surface area contributed by atoms with E-state index in [1.165, 1.54) is 21.8 Å². The molecule has 0 aliphatic rings. The van der Waals surface area contributed by atoms with E-state index in [4.69, 9.17) is 4.42 Å². The van der Waals surface area contributed by atoms with Crippen LogP contribution in [0.4, 0.5) is 0 Å². The lowest BCUT2D eigenvalue weighted by molar-refractivity contribution is 0.584. The summed E-state index contributed by atoms with van der Waals surface area (Å²) in [4.78, 5) is 0. The topological polar surface area (TPSA) is 43.9 Å². The third-order valence-corrected chi connectivity index (χ3v) is 5.64. The lowest BCUT2D eigenvalue weighted by Crippen LogP contribution is -1.93. The van der Waals surface area contributed by atoms with Crippen LogP contribution in [-0.2, 0) is 0 Å². The van der Waals surface area contributed by atoms with E-state index >= 15 is 0 Å². The van der Waals surface area contributed by atoms with E-state index in [9.17, 15) is 0 Å². The van der Waals surface area contributed by atoms with Gasteiger partial charge in [0.1, 0.15) is 0 Å². The molecule has 0 fully saturated rings. The lowest BCUT2D eigenvalue weighted by atomic mass is 10.1. The maximum atomic E-state index is 5.95. The van der Waals surface area contributed by atoms with E-state index in [0.29, 0.717) is 11.8 Å². The zero-order valence-electron chi connectivity index (χ0n) is 17.0. The fraction of sp³-hybridized carbons (Fsp3) is 0.0370. The zero-order valence-corrected chi connectivity index (χ0v) is 17.0. The Morgan fingerprint density at radius 1 is 0.613 bits per heavy atom. The van der Waals surface area contributed by atoms with Crippen molar-refractivity contribution in [3.8, 4) is 28.6 Å². The van der Waals surface area contributed by atoms with Gasteiger partial charge >= 0.3 is 0 Å². The van der Waals surface area contributed by atoms with Gasteiger partial charge in [0.25, 0.3) is 0 Å². The van der Waals surface area contributed by atoms with Crippen LogP contribution in [0.1, 0.15) is 5.56 Å². The summed E-state index contributed by atoms with van der Waals surface area (Å²) in [6, 6.07) is 33.4. The third kappa shape index (κ3) is 2.92. The average Bonchev–Trinajstić information content (AvgIpc) is 3.43. The first kappa shape index (κ1) is 17.7. The van der Waals surface area contributed by atoms with Crippen LogP contribution in [0, 0.1) is 6.92 Å². The van der Waals surface area contributed by atoms with E-state index < -0.39 is 0 Å². The van der Waals surface area contributed by atoms with Crippen molar-refractivity contribution in [1.82, 2.24) is 14.8 Å². The molecule has 0 radical (unpaired) electrons. The van der Waals surface area contributed by atoms with Crippen molar-refractivity contribution in [3.05, 3.63) is 103 Å². The molecule has 0 spiro atoms. The van der Waals surface area contributed by atoms with Crippen molar-refractivity contribution in [1.29, 1.82) is 0 Å². The summed E-state index contributed by atoms with van der Waals surface area (Å²) in [7, 11) is 0. The lowest BCUT2D eigenvalue weighted by Gasteiger charge is -2.08. The van der Waals surface area contributed by atoms with Gasteiger partial charge in [-0.15, -0.1) is 10.2 Å². The normalized spacial score (nSPS) is 11.4. The van der Waals surface area contributed by atoms with Crippen LogP contribution >= 0.6 is 0 Å². The van der Waals surface area contributed by atoms with Crippen molar-refractivity contribution < 1.29 is 4.42 Å². The number of hydrogen-bond donors (Lipinski definition) is 0. The molecule has 0 amide bonds. The summed E-state index contributed by atoms with van der Waals surface area (Å²) < 4.78 is 8.24. The van der Waals surface area contributed by atoms with Gasteiger partial charge in [-0.1, -0.05) is 54.1 Å². The minimum atomic E-state index is 0.519. The maximum absolute atomic E-state index is 5.95. The second kappa shape index (κ2) is 6.96. The van der Waals surface area contributed by atoms with Crippen molar-refractivity contribution >= 4 is 21.8 Å². The Kier molecular flexibility index (Phi) is 3.96. The summed E-state index contributed by atoms with van der Waals surface area (Å²) in [5.74, 6) is 1.05. The van der Waals surface area contributed by atoms with Crippen molar-refractivity contribution in [2.24, 2.45) is 0 Å². The highest BCUT2D eigenvalue weighted by molar-refractivity contribution is 6.09. The standard InChI is InChI=1S/C27H19N3O/c1-18-7-6-8-20(17-18)27-29-28-26(31-27)19-13-15-21(16-14-19)30-24-11-4-2-9-22(24)23-10-3-5-12-25(23)30/h2-17H,1H3. The minimum absolute atomic E-state index is 0.519. The van der Waals surface area contributed by atoms with Crippen LogP contribution in [0.3, 0.4) is 0 Å². The van der Waals surface area contributed by atoms with Gasteiger partial charge in [0, 0.05) is 27.6 Å². The molecule has 6 aromatic rings. The highest BCUT2D eigenvalue weighted by atomic mass is 16.4. The van der Waals surface area contributed by atoms with E-state index in [1.54, 1.807) is 0 Å². The molecular weight excluding hydrogens is 382 g/mol. The molecule has 4 heteroatoms. The molecule has 0 saturated heterocycles. The molecule has 0 unspecified atom stereocenters. The second-order valence-electron chi connectivity index (χ2n) is 7.70. The molecule has 0 saturated carbocycles. The van der Waals surface area contributed by atoms with E-state index in [0.717, 1.165) is 22.4 Å². The van der Waals surface area contributed by atoms with Crippen LogP contribution < -0.4 is 0 Å². The quantitative estimate of drug-likeness (QED) is 0.327. The molecule has 148 valence electrons. The summed E-state index contributed by atoms with van der Waals surface area (Å²) in [6.45, 7) is 2.05. The molecule has 0 aliphatic carbocycles. The third-order valence-electron chi connectivity index (χ3n) is 5.64. The van der Waals surface area contributed by atoms with Crippen LogP contribution in [0.5, 0.6) is 0 Å². The first-order chi connectivity index (χ1) is 15.3. The highest BCUT2D eigenvalue weighted by Gasteiger charge is 2.13. The summed E-state index contributed by atoms with van der Waals surface area (Å²) in [5, 5.41) is 11.0. The average molecular weight is 401 g/mol. The largest absolute Gasteiger partial charge is 0.416 e. The Morgan fingerprint density at radius 3 is 1.87 bits per heavy atom. The van der Waals surface area contributed by atoms with Crippen LogP contribution in [0.2, 0.25) is 0 Å².